The molecule has 2 rings (SSSR count). The molecule has 2 nitrogen and oxygen atoms in total. The summed E-state index contributed by atoms with van der Waals surface area (Å²) in [6.07, 6.45) is 1.10. The number of nitrogens with two attached hydrogens (primary N) is 1. The van der Waals surface area contributed by atoms with Crippen LogP contribution >= 0.6 is 0 Å². The van der Waals surface area contributed by atoms with Gasteiger partial charge in [-0.05, 0) is 30.5 Å². The fourth-order valence-electron chi connectivity index (χ4n) is 2.10. The third-order valence-corrected chi connectivity index (χ3v) is 3.07. The van der Waals surface area contributed by atoms with E-state index in [0.29, 0.717) is 5.92 Å². The van der Waals surface area contributed by atoms with E-state index in [0.717, 1.165) is 13.0 Å². The Kier molecular flexibility index (Phi) is 2.46. The highest BCUT2D eigenvalue weighted by atomic mass is 14.9. The average molecular weight is 190 g/mol. The highest BCUT2D eigenvalue weighted by molar-refractivity contribution is 5.59. The van der Waals surface area contributed by atoms with Gasteiger partial charge in [0.1, 0.15) is 0 Å². The van der Waals surface area contributed by atoms with Crippen LogP contribution < -0.4 is 11.1 Å². The molecule has 0 saturated carbocycles. The highest BCUT2D eigenvalue weighted by Gasteiger charge is 2.24. The minimum absolute atomic E-state index is 0.232. The third-order valence-electron chi connectivity index (χ3n) is 3.07. The predicted molar refractivity (Wildman–Crippen MR) is 60.7 cm³/mol. The lowest BCUT2D eigenvalue weighted by Crippen LogP contribution is -2.25. The molecule has 0 fully saturated rings. The molecular weight excluding hydrogens is 172 g/mol. The smallest absolute Gasteiger partial charge is 0.0377 e. The lowest BCUT2D eigenvalue weighted by Gasteiger charge is -2.14. The molecule has 0 aromatic heterocycles. The first-order valence-corrected chi connectivity index (χ1v) is 5.34. The molecule has 2 unspecified atom stereocenters. The summed E-state index contributed by atoms with van der Waals surface area (Å²) in [7, 11) is 0. The number of nitrogens with one attached hydrogen (secondary N) is 1. The van der Waals surface area contributed by atoms with Crippen molar-refractivity contribution in [1.82, 2.24) is 0 Å². The Morgan fingerprint density at radius 1 is 1.57 bits per heavy atom. The first kappa shape index (κ1) is 9.53. The number of benzene rings is 1. The van der Waals surface area contributed by atoms with Gasteiger partial charge in [-0.3, -0.25) is 0 Å². The van der Waals surface area contributed by atoms with Gasteiger partial charge in [-0.1, -0.05) is 19.1 Å². The van der Waals surface area contributed by atoms with Crippen molar-refractivity contribution in [2.45, 2.75) is 32.2 Å². The van der Waals surface area contributed by atoms with Crippen molar-refractivity contribution >= 4 is 5.69 Å². The van der Waals surface area contributed by atoms with Crippen LogP contribution in [0.1, 0.15) is 30.9 Å². The molecule has 0 bridgehead atoms. The summed E-state index contributed by atoms with van der Waals surface area (Å²) >= 11 is 0. The van der Waals surface area contributed by atoms with Gasteiger partial charge in [0.05, 0.1) is 0 Å². The van der Waals surface area contributed by atoms with Gasteiger partial charge in [0.25, 0.3) is 0 Å². The van der Waals surface area contributed by atoms with E-state index in [1.54, 1.807) is 0 Å². The molecule has 1 aliphatic rings. The van der Waals surface area contributed by atoms with E-state index < -0.39 is 0 Å². The molecule has 2 heteroatoms. The zero-order valence-corrected chi connectivity index (χ0v) is 8.88. The standard InChI is InChI=1S/C12H18N2/c1-3-9-4-5-12-10(6-9)11(7-14-12)8(2)13/h4-6,8,11,14H,3,7,13H2,1-2H3. The van der Waals surface area contributed by atoms with Crippen LogP contribution in [-0.2, 0) is 6.42 Å². The molecule has 0 aliphatic carbocycles. The molecule has 0 saturated heterocycles. The number of hydrogen-bond donors (Lipinski definition) is 2. The maximum atomic E-state index is 5.96. The Morgan fingerprint density at radius 3 is 3.00 bits per heavy atom. The molecule has 0 radical (unpaired) electrons. The molecule has 3 N–H and O–H groups in total. The van der Waals surface area contributed by atoms with Gasteiger partial charge in [0.2, 0.25) is 0 Å². The number of hydrogen-bond acceptors (Lipinski definition) is 2. The van der Waals surface area contributed by atoms with Gasteiger partial charge in [0.15, 0.2) is 0 Å². The highest BCUT2D eigenvalue weighted by Crippen LogP contribution is 2.33. The van der Waals surface area contributed by atoms with Crippen molar-refractivity contribution in [3.05, 3.63) is 29.3 Å². The molecule has 2 atom stereocenters. The first-order valence-electron chi connectivity index (χ1n) is 5.34. The van der Waals surface area contributed by atoms with E-state index in [4.69, 9.17) is 5.73 Å². The molecule has 76 valence electrons. The van der Waals surface area contributed by atoms with Gasteiger partial charge in [0, 0.05) is 24.2 Å². The van der Waals surface area contributed by atoms with E-state index >= 15 is 0 Å². The predicted octanol–water partition coefficient (Wildman–Crippen LogP) is 2.11. The zero-order valence-electron chi connectivity index (χ0n) is 8.88. The lowest BCUT2D eigenvalue weighted by atomic mass is 9.93. The van der Waals surface area contributed by atoms with Crippen molar-refractivity contribution in [2.75, 3.05) is 11.9 Å². The SMILES string of the molecule is CCc1ccc2c(c1)C(C(C)N)CN2. The second-order valence-electron chi connectivity index (χ2n) is 4.12. The minimum atomic E-state index is 0.232. The Hall–Kier alpha value is -1.02. The fourth-order valence-corrected chi connectivity index (χ4v) is 2.10. The van der Waals surface area contributed by atoms with Crippen molar-refractivity contribution in [3.8, 4) is 0 Å². The van der Waals surface area contributed by atoms with Crippen LogP contribution in [0.4, 0.5) is 5.69 Å². The summed E-state index contributed by atoms with van der Waals surface area (Å²) in [5.74, 6) is 0.483. The van der Waals surface area contributed by atoms with Crippen molar-refractivity contribution in [3.63, 3.8) is 0 Å². The molecule has 1 aromatic rings. The van der Waals surface area contributed by atoms with Gasteiger partial charge in [-0.25, -0.2) is 0 Å². The monoisotopic (exact) mass is 190 g/mol. The summed E-state index contributed by atoms with van der Waals surface area (Å²) in [4.78, 5) is 0. The van der Waals surface area contributed by atoms with Gasteiger partial charge < -0.3 is 11.1 Å². The summed E-state index contributed by atoms with van der Waals surface area (Å²) in [5.41, 5.74) is 10.0. The maximum absolute atomic E-state index is 5.96. The second kappa shape index (κ2) is 3.62. The van der Waals surface area contributed by atoms with E-state index in [-0.39, 0.29) is 6.04 Å². The third kappa shape index (κ3) is 1.50. The normalized spacial score (nSPS) is 21.5. The quantitative estimate of drug-likeness (QED) is 0.749. The van der Waals surface area contributed by atoms with Gasteiger partial charge >= 0.3 is 0 Å². The van der Waals surface area contributed by atoms with Crippen LogP contribution in [0.3, 0.4) is 0 Å². The zero-order chi connectivity index (χ0) is 10.1. The number of anilines is 1. The van der Waals surface area contributed by atoms with Crippen LogP contribution in [0.25, 0.3) is 0 Å². The molecule has 0 amide bonds. The van der Waals surface area contributed by atoms with Gasteiger partial charge in [-0.2, -0.15) is 0 Å². The van der Waals surface area contributed by atoms with E-state index in [1.807, 2.05) is 0 Å². The number of rotatable bonds is 2. The Morgan fingerprint density at radius 2 is 2.36 bits per heavy atom. The van der Waals surface area contributed by atoms with Crippen LogP contribution in [0, 0.1) is 0 Å². The molecule has 0 spiro atoms. The second-order valence-corrected chi connectivity index (χ2v) is 4.12. The van der Waals surface area contributed by atoms with Crippen molar-refractivity contribution in [1.29, 1.82) is 0 Å². The van der Waals surface area contributed by atoms with Crippen LogP contribution in [-0.4, -0.2) is 12.6 Å². The van der Waals surface area contributed by atoms with Crippen molar-refractivity contribution in [2.24, 2.45) is 5.73 Å². The molecule has 1 heterocycles. The molecule has 14 heavy (non-hydrogen) atoms. The Bertz CT molecular complexity index is 331. The van der Waals surface area contributed by atoms with Crippen molar-refractivity contribution < 1.29 is 0 Å². The van der Waals surface area contributed by atoms with Gasteiger partial charge in [-0.15, -0.1) is 0 Å². The first-order chi connectivity index (χ1) is 6.72. The Labute approximate surface area is 85.5 Å². The molecule has 1 aromatic carbocycles. The molecular formula is C12H18N2. The molecule has 1 aliphatic heterocycles. The van der Waals surface area contributed by atoms with E-state index in [1.165, 1.54) is 16.8 Å². The van der Waals surface area contributed by atoms with Crippen LogP contribution in [0.5, 0.6) is 0 Å². The van der Waals surface area contributed by atoms with E-state index in [2.05, 4.69) is 37.4 Å². The average Bonchev–Trinajstić information content (AvgIpc) is 2.59. The van der Waals surface area contributed by atoms with E-state index in [9.17, 15) is 0 Å². The summed E-state index contributed by atoms with van der Waals surface area (Å²) < 4.78 is 0. The number of fused-ring (bicyclic) bond motifs is 1. The fraction of sp³-hybridized carbons (Fsp3) is 0.500. The summed E-state index contributed by atoms with van der Waals surface area (Å²) in [6, 6.07) is 6.89. The minimum Gasteiger partial charge on any atom is -0.384 e. The summed E-state index contributed by atoms with van der Waals surface area (Å²) in [5, 5.41) is 3.40. The Balaban J connectivity index is 2.37. The summed E-state index contributed by atoms with van der Waals surface area (Å²) in [6.45, 7) is 5.26. The van der Waals surface area contributed by atoms with Crippen LogP contribution in [0.15, 0.2) is 18.2 Å². The maximum Gasteiger partial charge on any atom is 0.0377 e. The number of aryl methyl sites for hydroxylation is 1. The topological polar surface area (TPSA) is 38.0 Å². The van der Waals surface area contributed by atoms with Crippen LogP contribution in [0.2, 0.25) is 0 Å². The largest absolute Gasteiger partial charge is 0.384 e. The lowest BCUT2D eigenvalue weighted by molar-refractivity contribution is 0.610.